The van der Waals surface area contributed by atoms with Gasteiger partial charge in [0, 0.05) is 17.9 Å². The van der Waals surface area contributed by atoms with E-state index >= 15 is 0 Å². The molecule has 1 aliphatic carbocycles. The Bertz CT molecular complexity index is 488. The second-order valence-electron chi connectivity index (χ2n) is 5.59. The van der Waals surface area contributed by atoms with Crippen molar-refractivity contribution >= 4 is 5.78 Å². The third kappa shape index (κ3) is 4.31. The fourth-order valence-electron chi connectivity index (χ4n) is 1.91. The maximum Gasteiger partial charge on any atom is 0.159 e. The van der Waals surface area contributed by atoms with Crippen LogP contribution in [0, 0.1) is 17.8 Å². The Morgan fingerprint density at radius 1 is 1.60 bits per heavy atom. The Balaban J connectivity index is 3.00. The molecule has 0 aromatic rings. The van der Waals surface area contributed by atoms with Crippen LogP contribution in [0.3, 0.4) is 0 Å². The molecule has 0 fully saturated rings. The summed E-state index contributed by atoms with van der Waals surface area (Å²) in [5.74, 6) is 4.95. The zero-order valence-electron chi connectivity index (χ0n) is 12.2. The number of carbonyl (C=O) groups is 1. The Kier molecular flexibility index (Phi) is 5.70. The minimum Gasteiger partial charge on any atom is -0.395 e. The highest BCUT2D eigenvalue weighted by Gasteiger charge is 2.41. The molecular weight excluding hydrogens is 256 g/mol. The van der Waals surface area contributed by atoms with Gasteiger partial charge in [-0.3, -0.25) is 4.79 Å². The first-order valence-electron chi connectivity index (χ1n) is 6.69. The van der Waals surface area contributed by atoms with E-state index < -0.39 is 11.7 Å². The molecule has 0 bridgehead atoms. The van der Waals surface area contributed by atoms with E-state index in [1.807, 2.05) is 13.8 Å². The van der Waals surface area contributed by atoms with Crippen molar-refractivity contribution < 1.29 is 20.1 Å². The van der Waals surface area contributed by atoms with Gasteiger partial charge in [0.1, 0.15) is 11.7 Å². The van der Waals surface area contributed by atoms with Crippen molar-refractivity contribution in [1.29, 1.82) is 0 Å². The molecule has 1 aliphatic rings. The number of allylic oxidation sites excluding steroid dienone is 2. The summed E-state index contributed by atoms with van der Waals surface area (Å²) in [4.78, 5) is 11.7. The fourth-order valence-corrected chi connectivity index (χ4v) is 1.91. The van der Waals surface area contributed by atoms with Crippen LogP contribution in [-0.2, 0) is 4.79 Å². The standard InChI is InChI=1S/C16H22O4/c1-11(2)6-7-16(20)9-14(18)8-13(15(16)19)5-4-12(3)10-17/h6,8,12,15,17,19-20H,7,9-10H2,1-3H3. The molecule has 0 aliphatic heterocycles. The van der Waals surface area contributed by atoms with Crippen LogP contribution in [0.25, 0.3) is 0 Å². The summed E-state index contributed by atoms with van der Waals surface area (Å²) in [5, 5.41) is 29.6. The Morgan fingerprint density at radius 3 is 2.80 bits per heavy atom. The van der Waals surface area contributed by atoms with Crippen LogP contribution in [0.2, 0.25) is 0 Å². The zero-order valence-corrected chi connectivity index (χ0v) is 12.2. The first-order chi connectivity index (χ1) is 9.28. The molecule has 0 aromatic carbocycles. The molecule has 20 heavy (non-hydrogen) atoms. The molecule has 0 saturated heterocycles. The van der Waals surface area contributed by atoms with Crippen molar-refractivity contribution in [3.8, 4) is 11.8 Å². The number of aliphatic hydroxyl groups excluding tert-OH is 2. The molecule has 3 unspecified atom stereocenters. The molecule has 4 nitrogen and oxygen atoms in total. The summed E-state index contributed by atoms with van der Waals surface area (Å²) < 4.78 is 0. The van der Waals surface area contributed by atoms with E-state index in [4.69, 9.17) is 5.11 Å². The van der Waals surface area contributed by atoms with Gasteiger partial charge in [-0.25, -0.2) is 0 Å². The minimum atomic E-state index is -1.50. The Hall–Kier alpha value is -1.41. The molecular formula is C16H22O4. The van der Waals surface area contributed by atoms with Gasteiger partial charge in [-0.15, -0.1) is 0 Å². The van der Waals surface area contributed by atoms with Gasteiger partial charge in [0.25, 0.3) is 0 Å². The molecule has 0 radical (unpaired) electrons. The summed E-state index contributed by atoms with van der Waals surface area (Å²) in [6, 6.07) is 0. The average molecular weight is 278 g/mol. The highest BCUT2D eigenvalue weighted by atomic mass is 16.3. The predicted octanol–water partition coefficient (Wildman–Crippen LogP) is 0.966. The first kappa shape index (κ1) is 16.6. The van der Waals surface area contributed by atoms with Gasteiger partial charge in [-0.05, 0) is 33.3 Å². The molecule has 4 heteroatoms. The highest BCUT2D eigenvalue weighted by Crippen LogP contribution is 2.30. The smallest absolute Gasteiger partial charge is 0.159 e. The SMILES string of the molecule is CC(C)=CCC1(O)CC(=O)C=C(C#CC(C)CO)C1O. The van der Waals surface area contributed by atoms with Crippen molar-refractivity contribution in [1.82, 2.24) is 0 Å². The van der Waals surface area contributed by atoms with E-state index in [9.17, 15) is 15.0 Å². The van der Waals surface area contributed by atoms with Crippen molar-refractivity contribution in [2.45, 2.75) is 45.3 Å². The third-order valence-electron chi connectivity index (χ3n) is 3.20. The van der Waals surface area contributed by atoms with Crippen LogP contribution >= 0.6 is 0 Å². The summed E-state index contributed by atoms with van der Waals surface area (Å²) in [5.41, 5.74) is -0.282. The maximum absolute atomic E-state index is 11.7. The first-order valence-corrected chi connectivity index (χ1v) is 6.69. The van der Waals surface area contributed by atoms with E-state index in [0.717, 1.165) is 5.57 Å². The lowest BCUT2D eigenvalue weighted by Gasteiger charge is -2.34. The summed E-state index contributed by atoms with van der Waals surface area (Å²) in [6.07, 6.45) is 1.98. The average Bonchev–Trinajstić information content (AvgIpc) is 2.38. The second kappa shape index (κ2) is 6.85. The lowest BCUT2D eigenvalue weighted by Crippen LogP contribution is -2.47. The number of hydrogen-bond acceptors (Lipinski definition) is 4. The summed E-state index contributed by atoms with van der Waals surface area (Å²) >= 11 is 0. The van der Waals surface area contributed by atoms with Crippen molar-refractivity contribution in [3.63, 3.8) is 0 Å². The van der Waals surface area contributed by atoms with E-state index in [-0.39, 0.29) is 36.7 Å². The lowest BCUT2D eigenvalue weighted by atomic mass is 9.78. The molecule has 0 heterocycles. The van der Waals surface area contributed by atoms with Gasteiger partial charge in [0.2, 0.25) is 0 Å². The molecule has 0 amide bonds. The molecule has 1 rings (SSSR count). The topological polar surface area (TPSA) is 77.8 Å². The minimum absolute atomic E-state index is 0.0909. The fraction of sp³-hybridized carbons (Fsp3) is 0.562. The molecule has 3 atom stereocenters. The van der Waals surface area contributed by atoms with E-state index in [2.05, 4.69) is 11.8 Å². The van der Waals surface area contributed by atoms with Crippen molar-refractivity contribution in [2.24, 2.45) is 5.92 Å². The van der Waals surface area contributed by atoms with Gasteiger partial charge in [0.05, 0.1) is 6.61 Å². The predicted molar refractivity (Wildman–Crippen MR) is 76.7 cm³/mol. The molecule has 110 valence electrons. The normalized spacial score (nSPS) is 27.2. The third-order valence-corrected chi connectivity index (χ3v) is 3.20. The van der Waals surface area contributed by atoms with Crippen LogP contribution < -0.4 is 0 Å². The monoisotopic (exact) mass is 278 g/mol. The largest absolute Gasteiger partial charge is 0.395 e. The van der Waals surface area contributed by atoms with Crippen LogP contribution in [0.1, 0.15) is 33.6 Å². The molecule has 0 spiro atoms. The van der Waals surface area contributed by atoms with Gasteiger partial charge in [0.15, 0.2) is 5.78 Å². The van der Waals surface area contributed by atoms with Crippen LogP contribution in [0.4, 0.5) is 0 Å². The lowest BCUT2D eigenvalue weighted by molar-refractivity contribution is -0.127. The van der Waals surface area contributed by atoms with Crippen molar-refractivity contribution in [2.75, 3.05) is 6.61 Å². The number of rotatable bonds is 3. The Labute approximate surface area is 119 Å². The van der Waals surface area contributed by atoms with Crippen LogP contribution in [0.15, 0.2) is 23.3 Å². The highest BCUT2D eigenvalue weighted by molar-refractivity contribution is 5.93. The maximum atomic E-state index is 11.7. The van der Waals surface area contributed by atoms with Gasteiger partial charge in [-0.2, -0.15) is 0 Å². The second-order valence-corrected chi connectivity index (χ2v) is 5.59. The number of aliphatic hydroxyl groups is 3. The molecule has 3 N–H and O–H groups in total. The summed E-state index contributed by atoms with van der Waals surface area (Å²) in [7, 11) is 0. The zero-order chi connectivity index (χ0) is 15.3. The quantitative estimate of drug-likeness (QED) is 0.531. The molecule has 0 saturated carbocycles. The number of ketones is 1. The van der Waals surface area contributed by atoms with E-state index in [1.54, 1.807) is 13.0 Å². The number of hydrogen-bond donors (Lipinski definition) is 3. The van der Waals surface area contributed by atoms with Gasteiger partial charge in [-0.1, -0.05) is 23.5 Å². The summed E-state index contributed by atoms with van der Waals surface area (Å²) in [6.45, 7) is 5.42. The van der Waals surface area contributed by atoms with E-state index in [0.29, 0.717) is 0 Å². The van der Waals surface area contributed by atoms with Crippen LogP contribution in [0.5, 0.6) is 0 Å². The van der Waals surface area contributed by atoms with E-state index in [1.165, 1.54) is 6.08 Å². The molecule has 0 aromatic heterocycles. The van der Waals surface area contributed by atoms with Crippen molar-refractivity contribution in [3.05, 3.63) is 23.3 Å². The van der Waals surface area contributed by atoms with Gasteiger partial charge < -0.3 is 15.3 Å². The van der Waals surface area contributed by atoms with Crippen LogP contribution in [-0.4, -0.2) is 39.4 Å². The number of carbonyl (C=O) groups excluding carboxylic acids is 1. The van der Waals surface area contributed by atoms with Gasteiger partial charge >= 0.3 is 0 Å². The Morgan fingerprint density at radius 2 is 2.25 bits per heavy atom.